The summed E-state index contributed by atoms with van der Waals surface area (Å²) in [5.41, 5.74) is 0. The molecule has 1 N–H and O–H groups in total. The molecule has 1 atom stereocenters. The van der Waals surface area contributed by atoms with Crippen molar-refractivity contribution in [3.05, 3.63) is 0 Å². The van der Waals surface area contributed by atoms with E-state index in [0.717, 1.165) is 31.8 Å². The predicted molar refractivity (Wildman–Crippen MR) is 75.1 cm³/mol. The van der Waals surface area contributed by atoms with Gasteiger partial charge in [0, 0.05) is 32.8 Å². The highest BCUT2D eigenvalue weighted by atomic mass is 32.2. The van der Waals surface area contributed by atoms with Gasteiger partial charge in [0.1, 0.15) is 0 Å². The van der Waals surface area contributed by atoms with Gasteiger partial charge in [-0.25, -0.2) is 4.72 Å². The van der Waals surface area contributed by atoms with Crippen LogP contribution in [-0.2, 0) is 14.9 Å². The molecule has 0 bridgehead atoms. The maximum Gasteiger partial charge on any atom is 0.279 e. The molecule has 1 saturated carbocycles. The van der Waals surface area contributed by atoms with Gasteiger partial charge in [-0.15, -0.1) is 0 Å². The van der Waals surface area contributed by atoms with Crippen LogP contribution in [0.1, 0.15) is 39.0 Å². The molecule has 19 heavy (non-hydrogen) atoms. The zero-order chi connectivity index (χ0) is 13.7. The van der Waals surface area contributed by atoms with Gasteiger partial charge in [-0.2, -0.15) is 12.7 Å². The predicted octanol–water partition coefficient (Wildman–Crippen LogP) is 1.37. The summed E-state index contributed by atoms with van der Waals surface area (Å²) in [4.78, 5) is 0. The summed E-state index contributed by atoms with van der Waals surface area (Å²) in [5, 5.41) is 0. The minimum atomic E-state index is -3.28. The van der Waals surface area contributed by atoms with Crippen LogP contribution >= 0.6 is 0 Å². The Bertz CT molecular complexity index is 368. The smallest absolute Gasteiger partial charge is 0.279 e. The van der Waals surface area contributed by atoms with E-state index in [1.165, 1.54) is 12.8 Å². The van der Waals surface area contributed by atoms with E-state index in [-0.39, 0.29) is 0 Å². The molecule has 2 rings (SSSR count). The summed E-state index contributed by atoms with van der Waals surface area (Å²) in [6.07, 6.45) is 5.42. The van der Waals surface area contributed by atoms with Crippen molar-refractivity contribution >= 4 is 10.2 Å². The van der Waals surface area contributed by atoms with Crippen molar-refractivity contribution < 1.29 is 13.2 Å². The Hall–Kier alpha value is -0.170. The number of nitrogens with one attached hydrogen (secondary N) is 1. The van der Waals surface area contributed by atoms with Gasteiger partial charge < -0.3 is 4.74 Å². The second kappa shape index (κ2) is 7.02. The Labute approximate surface area is 116 Å². The van der Waals surface area contributed by atoms with Crippen molar-refractivity contribution in [1.29, 1.82) is 0 Å². The van der Waals surface area contributed by atoms with E-state index in [9.17, 15) is 8.42 Å². The van der Waals surface area contributed by atoms with Gasteiger partial charge in [0.2, 0.25) is 0 Å². The molecule has 2 aliphatic rings. The molecule has 0 radical (unpaired) electrons. The van der Waals surface area contributed by atoms with Gasteiger partial charge in [-0.1, -0.05) is 6.92 Å². The van der Waals surface area contributed by atoms with Crippen molar-refractivity contribution in [1.82, 2.24) is 9.03 Å². The third-order valence-corrected chi connectivity index (χ3v) is 5.34. The summed E-state index contributed by atoms with van der Waals surface area (Å²) >= 11 is 0. The SMILES string of the molecule is CC1CCCN(S(=O)(=O)NCCCOCC2CC2)C1. The Morgan fingerprint density at radius 1 is 1.32 bits per heavy atom. The topological polar surface area (TPSA) is 58.6 Å². The van der Waals surface area contributed by atoms with Gasteiger partial charge in [-0.05, 0) is 43.9 Å². The number of rotatable bonds is 8. The molecule has 1 saturated heterocycles. The van der Waals surface area contributed by atoms with E-state index < -0.39 is 10.2 Å². The average Bonchev–Trinajstić information content (AvgIpc) is 3.17. The van der Waals surface area contributed by atoms with E-state index >= 15 is 0 Å². The van der Waals surface area contributed by atoms with Gasteiger partial charge in [0.05, 0.1) is 0 Å². The van der Waals surface area contributed by atoms with Gasteiger partial charge >= 0.3 is 0 Å². The largest absolute Gasteiger partial charge is 0.381 e. The summed E-state index contributed by atoms with van der Waals surface area (Å²) in [6.45, 7) is 5.36. The molecule has 0 aromatic carbocycles. The fourth-order valence-corrected chi connectivity index (χ4v) is 3.77. The standard InChI is InChI=1S/C13H26N2O3S/c1-12-4-2-8-15(10-12)19(16,17)14-7-3-9-18-11-13-5-6-13/h12-14H,2-11H2,1H3. The lowest BCUT2D eigenvalue weighted by Crippen LogP contribution is -2.45. The van der Waals surface area contributed by atoms with Crippen molar-refractivity contribution in [2.24, 2.45) is 11.8 Å². The van der Waals surface area contributed by atoms with Crippen molar-refractivity contribution in [3.8, 4) is 0 Å². The molecule has 1 unspecified atom stereocenters. The lowest BCUT2D eigenvalue weighted by Gasteiger charge is -2.29. The Morgan fingerprint density at radius 2 is 2.11 bits per heavy atom. The van der Waals surface area contributed by atoms with E-state index in [4.69, 9.17) is 4.74 Å². The lowest BCUT2D eigenvalue weighted by atomic mass is 10.0. The molecular weight excluding hydrogens is 264 g/mol. The maximum atomic E-state index is 12.1. The maximum absolute atomic E-state index is 12.1. The van der Waals surface area contributed by atoms with E-state index in [0.29, 0.717) is 32.2 Å². The van der Waals surface area contributed by atoms with Gasteiger partial charge in [-0.3, -0.25) is 0 Å². The molecule has 6 heteroatoms. The van der Waals surface area contributed by atoms with Crippen LogP contribution in [0.5, 0.6) is 0 Å². The highest BCUT2D eigenvalue weighted by Gasteiger charge is 2.26. The molecule has 0 spiro atoms. The van der Waals surface area contributed by atoms with E-state index in [2.05, 4.69) is 11.6 Å². The highest BCUT2D eigenvalue weighted by Crippen LogP contribution is 2.28. The first-order valence-electron chi connectivity index (χ1n) is 7.40. The summed E-state index contributed by atoms with van der Waals surface area (Å²) in [5.74, 6) is 1.23. The van der Waals surface area contributed by atoms with Crippen LogP contribution in [0.15, 0.2) is 0 Å². The Morgan fingerprint density at radius 3 is 2.79 bits per heavy atom. The highest BCUT2D eigenvalue weighted by molar-refractivity contribution is 7.87. The minimum Gasteiger partial charge on any atom is -0.381 e. The molecule has 1 aliphatic carbocycles. The number of nitrogens with zero attached hydrogens (tertiary/aromatic N) is 1. The molecule has 2 fully saturated rings. The van der Waals surface area contributed by atoms with Gasteiger partial charge in [0.25, 0.3) is 10.2 Å². The average molecular weight is 290 g/mol. The normalized spacial score (nSPS) is 25.6. The lowest BCUT2D eigenvalue weighted by molar-refractivity contribution is 0.123. The van der Waals surface area contributed by atoms with Crippen LogP contribution in [0.4, 0.5) is 0 Å². The fraction of sp³-hybridized carbons (Fsp3) is 1.00. The molecule has 1 heterocycles. The first-order chi connectivity index (χ1) is 9.08. The zero-order valence-corrected chi connectivity index (χ0v) is 12.6. The molecule has 0 aromatic rings. The minimum absolute atomic E-state index is 0.465. The van der Waals surface area contributed by atoms with E-state index in [1.54, 1.807) is 4.31 Å². The Balaban J connectivity index is 1.59. The van der Waals surface area contributed by atoms with Crippen LogP contribution in [0, 0.1) is 11.8 Å². The first-order valence-corrected chi connectivity index (χ1v) is 8.84. The molecular formula is C13H26N2O3S. The monoisotopic (exact) mass is 290 g/mol. The van der Waals surface area contributed by atoms with E-state index in [1.807, 2.05) is 0 Å². The van der Waals surface area contributed by atoms with Crippen molar-refractivity contribution in [2.75, 3.05) is 32.8 Å². The summed E-state index contributed by atoms with van der Waals surface area (Å²) in [7, 11) is -3.28. The molecule has 5 nitrogen and oxygen atoms in total. The second-order valence-corrected chi connectivity index (χ2v) is 7.63. The second-order valence-electron chi connectivity index (χ2n) is 5.88. The third kappa shape index (κ3) is 5.38. The van der Waals surface area contributed by atoms with Crippen LogP contribution in [-0.4, -0.2) is 45.6 Å². The number of hydrogen-bond acceptors (Lipinski definition) is 3. The summed E-state index contributed by atoms with van der Waals surface area (Å²) in [6, 6.07) is 0. The van der Waals surface area contributed by atoms with Crippen LogP contribution in [0.3, 0.4) is 0 Å². The number of piperidine rings is 1. The van der Waals surface area contributed by atoms with Crippen LogP contribution in [0.25, 0.3) is 0 Å². The first kappa shape index (κ1) is 15.2. The Kier molecular flexibility index (Phi) is 5.62. The molecule has 0 amide bonds. The number of hydrogen-bond donors (Lipinski definition) is 1. The molecule has 0 aromatic heterocycles. The van der Waals surface area contributed by atoms with Crippen LogP contribution < -0.4 is 4.72 Å². The number of ether oxygens (including phenoxy) is 1. The van der Waals surface area contributed by atoms with Crippen LogP contribution in [0.2, 0.25) is 0 Å². The summed E-state index contributed by atoms with van der Waals surface area (Å²) < 4.78 is 33.8. The van der Waals surface area contributed by atoms with Crippen molar-refractivity contribution in [3.63, 3.8) is 0 Å². The molecule has 112 valence electrons. The molecule has 1 aliphatic heterocycles. The van der Waals surface area contributed by atoms with Gasteiger partial charge in [0.15, 0.2) is 0 Å². The third-order valence-electron chi connectivity index (χ3n) is 3.76. The quantitative estimate of drug-likeness (QED) is 0.687. The van der Waals surface area contributed by atoms with Crippen molar-refractivity contribution in [2.45, 2.75) is 39.0 Å². The zero-order valence-electron chi connectivity index (χ0n) is 11.8. The fourth-order valence-electron chi connectivity index (χ4n) is 2.37.